The Balaban J connectivity index is 1.76. The molecule has 2 heterocycles. The van der Waals surface area contributed by atoms with E-state index in [4.69, 9.17) is 23.7 Å². The molecule has 4 unspecified atom stereocenters. The number of rotatable bonds is 31. The normalized spacial score (nSPS) is 26.8. The van der Waals surface area contributed by atoms with Crippen LogP contribution >= 0.6 is 0 Å². The van der Waals surface area contributed by atoms with Crippen LogP contribution in [0.1, 0.15) is 104 Å². The van der Waals surface area contributed by atoms with Gasteiger partial charge in [-0.05, 0) is 57.8 Å². The molecule has 5 amide bonds. The molecule has 11 N–H and O–H groups in total. The number of aliphatic hydroxyl groups is 6. The lowest BCUT2D eigenvalue weighted by molar-refractivity contribution is -0.270. The Kier molecular flexibility index (Phi) is 27.4. The molecule has 21 heteroatoms. The van der Waals surface area contributed by atoms with E-state index >= 15 is 0 Å². The van der Waals surface area contributed by atoms with Crippen LogP contribution in [0.4, 0.5) is 0 Å². The van der Waals surface area contributed by atoms with Gasteiger partial charge in [0.1, 0.15) is 48.7 Å². The number of carbonyl (C=O) groups is 5. The van der Waals surface area contributed by atoms with Crippen molar-refractivity contribution in [1.29, 1.82) is 0 Å². The fourth-order valence-electron chi connectivity index (χ4n) is 7.01. The van der Waals surface area contributed by atoms with E-state index in [9.17, 15) is 54.6 Å². The Hall–Kier alpha value is -3.09. The van der Waals surface area contributed by atoms with Crippen molar-refractivity contribution in [2.75, 3.05) is 53.2 Å². The Morgan fingerprint density at radius 2 is 1.03 bits per heavy atom. The Morgan fingerprint density at radius 3 is 1.52 bits per heavy atom. The van der Waals surface area contributed by atoms with Gasteiger partial charge in [-0.25, -0.2) is 0 Å². The minimum Gasteiger partial charge on any atom is -0.394 e. The summed E-state index contributed by atoms with van der Waals surface area (Å²) >= 11 is 0. The smallest absolute Gasteiger partial charge is 0.222 e. The molecule has 0 radical (unpaired) electrons. The zero-order valence-corrected chi connectivity index (χ0v) is 36.0. The molecular weight excluding hydrogens is 806 g/mol. The maximum Gasteiger partial charge on any atom is 0.222 e. The van der Waals surface area contributed by atoms with Crippen molar-refractivity contribution < 1.29 is 78.3 Å². The van der Waals surface area contributed by atoms with Crippen molar-refractivity contribution in [2.45, 2.75) is 171 Å². The van der Waals surface area contributed by atoms with Crippen LogP contribution in [0.5, 0.6) is 0 Å². The molecule has 0 aromatic rings. The summed E-state index contributed by atoms with van der Waals surface area (Å²) in [5, 5.41) is 73.9. The van der Waals surface area contributed by atoms with Crippen LogP contribution in [0.25, 0.3) is 0 Å². The standard InChI is InChI=1S/C40H73N5O16/c1-25(48)43-33-37(55)35(53)28(23-46)60-39(33)58-20-12-7-15-30(50)41-18-10-6-14-27(22-32(52)42-17-9-4-5-11-19-57-3)45-31(51)16-8-13-21-59-40-34(44-26(2)49)38(56)36(54)29(24-47)61-40/h27-29,33-40,46-47,53-56H,4-24H2,1-3H3,(H,41,50)(H,42,52)(H,43,48)(H,44,49)(H,45,51)/t27-,28?,29?,33?,34?,35-,36-,37+,38+,39+,40+/m0/s1. The quantitative estimate of drug-likeness (QED) is 0.0327. The Bertz CT molecular complexity index is 1290. The minimum absolute atomic E-state index is 0.0916. The van der Waals surface area contributed by atoms with Gasteiger partial charge in [-0.1, -0.05) is 12.8 Å². The summed E-state index contributed by atoms with van der Waals surface area (Å²) in [5.74, 6) is -1.52. The van der Waals surface area contributed by atoms with E-state index in [2.05, 4.69) is 26.6 Å². The Morgan fingerprint density at radius 1 is 0.574 bits per heavy atom. The fourth-order valence-corrected chi connectivity index (χ4v) is 7.01. The van der Waals surface area contributed by atoms with E-state index in [-0.39, 0.29) is 50.2 Å². The van der Waals surface area contributed by atoms with Gasteiger partial charge in [0.25, 0.3) is 0 Å². The predicted octanol–water partition coefficient (Wildman–Crippen LogP) is -2.27. The van der Waals surface area contributed by atoms with E-state index in [1.807, 2.05) is 0 Å². The molecular formula is C40H73N5O16. The number of hydrogen-bond acceptors (Lipinski definition) is 16. The fraction of sp³-hybridized carbons (Fsp3) is 0.875. The number of amides is 5. The van der Waals surface area contributed by atoms with Gasteiger partial charge in [-0.2, -0.15) is 0 Å². The van der Waals surface area contributed by atoms with Gasteiger partial charge in [-0.3, -0.25) is 24.0 Å². The van der Waals surface area contributed by atoms with Crippen molar-refractivity contribution in [1.82, 2.24) is 26.6 Å². The lowest BCUT2D eigenvalue weighted by atomic mass is 9.97. The largest absolute Gasteiger partial charge is 0.394 e. The topological polar surface area (TPSA) is 313 Å². The van der Waals surface area contributed by atoms with E-state index in [1.165, 1.54) is 13.8 Å². The van der Waals surface area contributed by atoms with Crippen molar-refractivity contribution in [3.8, 4) is 0 Å². The molecule has 0 bridgehead atoms. The third kappa shape index (κ3) is 21.2. The third-order valence-electron chi connectivity index (χ3n) is 10.4. The highest BCUT2D eigenvalue weighted by Crippen LogP contribution is 2.24. The van der Waals surface area contributed by atoms with Gasteiger partial charge in [-0.15, -0.1) is 0 Å². The van der Waals surface area contributed by atoms with Crippen molar-refractivity contribution in [2.24, 2.45) is 0 Å². The molecule has 0 aromatic carbocycles. The lowest BCUT2D eigenvalue weighted by Gasteiger charge is -2.42. The molecule has 2 rings (SSSR count). The van der Waals surface area contributed by atoms with Crippen LogP contribution in [-0.4, -0.2) is 181 Å². The molecule has 0 spiro atoms. The monoisotopic (exact) mass is 880 g/mol. The number of unbranched alkanes of at least 4 members (excludes halogenated alkanes) is 6. The van der Waals surface area contributed by atoms with Crippen LogP contribution in [0.15, 0.2) is 0 Å². The summed E-state index contributed by atoms with van der Waals surface area (Å²) in [4.78, 5) is 61.6. The molecule has 2 aliphatic rings. The second-order valence-electron chi connectivity index (χ2n) is 15.6. The Labute approximate surface area is 358 Å². The van der Waals surface area contributed by atoms with E-state index in [0.717, 1.165) is 25.7 Å². The second-order valence-corrected chi connectivity index (χ2v) is 15.6. The van der Waals surface area contributed by atoms with Crippen LogP contribution in [0.3, 0.4) is 0 Å². The third-order valence-corrected chi connectivity index (χ3v) is 10.4. The zero-order valence-electron chi connectivity index (χ0n) is 36.0. The average molecular weight is 880 g/mol. The number of ether oxygens (including phenoxy) is 5. The van der Waals surface area contributed by atoms with Gasteiger partial charge < -0.3 is 80.9 Å². The van der Waals surface area contributed by atoms with E-state index in [0.29, 0.717) is 64.6 Å². The molecule has 21 nitrogen and oxygen atoms in total. The molecule has 11 atom stereocenters. The van der Waals surface area contributed by atoms with E-state index in [1.54, 1.807) is 7.11 Å². The molecule has 2 fully saturated rings. The summed E-state index contributed by atoms with van der Waals surface area (Å²) in [5.41, 5.74) is 0. The molecule has 2 aliphatic heterocycles. The number of nitrogens with one attached hydrogen (secondary N) is 5. The number of carbonyl (C=O) groups excluding carboxylic acids is 5. The number of methoxy groups -OCH3 is 1. The maximum absolute atomic E-state index is 13.0. The first-order valence-electron chi connectivity index (χ1n) is 21.6. The molecule has 61 heavy (non-hydrogen) atoms. The highest BCUT2D eigenvalue weighted by molar-refractivity contribution is 5.79. The number of aliphatic hydroxyl groups excluding tert-OH is 6. The van der Waals surface area contributed by atoms with Crippen LogP contribution in [0.2, 0.25) is 0 Å². The summed E-state index contributed by atoms with van der Waals surface area (Å²) in [6.45, 7) is 3.23. The van der Waals surface area contributed by atoms with Crippen molar-refractivity contribution >= 4 is 29.5 Å². The first kappa shape index (κ1) is 54.0. The van der Waals surface area contributed by atoms with Gasteiger partial charge in [0, 0.05) is 79.2 Å². The molecule has 354 valence electrons. The average Bonchev–Trinajstić information content (AvgIpc) is 3.21. The van der Waals surface area contributed by atoms with Gasteiger partial charge in [0.15, 0.2) is 12.6 Å². The highest BCUT2D eigenvalue weighted by Gasteiger charge is 2.46. The zero-order chi connectivity index (χ0) is 45.2. The number of hydrogen-bond donors (Lipinski definition) is 11. The highest BCUT2D eigenvalue weighted by atomic mass is 16.7. The van der Waals surface area contributed by atoms with Gasteiger partial charge >= 0.3 is 0 Å². The van der Waals surface area contributed by atoms with Crippen molar-refractivity contribution in [3.05, 3.63) is 0 Å². The maximum atomic E-state index is 13.0. The summed E-state index contributed by atoms with van der Waals surface area (Å²) in [7, 11) is 1.66. The summed E-state index contributed by atoms with van der Waals surface area (Å²) in [6, 6.07) is -2.54. The minimum atomic E-state index is -1.43. The molecule has 0 saturated carbocycles. The van der Waals surface area contributed by atoms with Crippen molar-refractivity contribution in [3.63, 3.8) is 0 Å². The molecule has 2 saturated heterocycles. The van der Waals surface area contributed by atoms with Gasteiger partial charge in [0.2, 0.25) is 29.5 Å². The van der Waals surface area contributed by atoms with Crippen LogP contribution < -0.4 is 26.6 Å². The molecule has 0 aromatic heterocycles. The first-order chi connectivity index (χ1) is 29.2. The SMILES string of the molecule is COCCCCCCNC(=O)C[C@H](CCCCNC(=O)CCCCO[C@@H]1OC(CO)[C@H](O)[C@H](O)C1NC(C)=O)NC(=O)CCCCO[C@@H]1OC(CO)[C@H](O)[C@H](O)C1NC(C)=O. The summed E-state index contributed by atoms with van der Waals surface area (Å²) in [6.07, 6.45) is -2.42. The molecule has 0 aliphatic carbocycles. The van der Waals surface area contributed by atoms with Crippen LogP contribution in [-0.2, 0) is 47.7 Å². The second kappa shape index (κ2) is 30.9. The van der Waals surface area contributed by atoms with Crippen LogP contribution in [0, 0.1) is 0 Å². The van der Waals surface area contributed by atoms with Gasteiger partial charge in [0.05, 0.1) is 13.2 Å². The summed E-state index contributed by atoms with van der Waals surface area (Å²) < 4.78 is 27.6. The predicted molar refractivity (Wildman–Crippen MR) is 217 cm³/mol. The van der Waals surface area contributed by atoms with E-state index < -0.39 is 92.4 Å². The lowest BCUT2D eigenvalue weighted by Crippen LogP contribution is -2.64. The first-order valence-corrected chi connectivity index (χ1v) is 21.6.